The Morgan fingerprint density at radius 1 is 1.15 bits per heavy atom. The zero-order chi connectivity index (χ0) is 15.6. The Morgan fingerprint density at radius 2 is 1.70 bits per heavy atom. The fourth-order valence-corrected chi connectivity index (χ4v) is 3.17. The van der Waals surface area contributed by atoms with Crippen molar-refractivity contribution < 1.29 is 19.4 Å². The molecule has 0 aliphatic rings. The lowest BCUT2D eigenvalue weighted by atomic mass is 9.97. The van der Waals surface area contributed by atoms with Gasteiger partial charge < -0.3 is 9.84 Å². The summed E-state index contributed by atoms with van der Waals surface area (Å²) in [6, 6.07) is 0. The van der Waals surface area contributed by atoms with Gasteiger partial charge in [-0.3, -0.25) is 9.59 Å². The number of hydrogen-bond donors (Lipinski definition) is 1. The summed E-state index contributed by atoms with van der Waals surface area (Å²) in [6.07, 6.45) is 6.35. The predicted molar refractivity (Wildman–Crippen MR) is 96.8 cm³/mol. The Balaban J connectivity index is 4.64. The number of alkyl halides is 2. The fourth-order valence-electron chi connectivity index (χ4n) is 1.80. The van der Waals surface area contributed by atoms with E-state index in [9.17, 15) is 14.7 Å². The van der Waals surface area contributed by atoms with Crippen molar-refractivity contribution in [2.45, 2.75) is 66.1 Å². The third kappa shape index (κ3) is 6.91. The van der Waals surface area contributed by atoms with Gasteiger partial charge >= 0.3 is 11.9 Å². The summed E-state index contributed by atoms with van der Waals surface area (Å²) in [5, 5.41) is 9.21. The van der Waals surface area contributed by atoms with E-state index < -0.39 is 13.3 Å². The largest absolute Gasteiger partial charge is 0.480 e. The van der Waals surface area contributed by atoms with Crippen LogP contribution < -0.4 is 0 Å². The average Bonchev–Trinajstić information content (AvgIpc) is 2.42. The lowest BCUT2D eigenvalue weighted by Gasteiger charge is -2.28. The molecule has 0 heterocycles. The van der Waals surface area contributed by atoms with Crippen LogP contribution in [0.1, 0.15) is 58.8 Å². The molecule has 0 bridgehead atoms. The summed E-state index contributed by atoms with van der Waals surface area (Å²) in [6.45, 7) is 4.55. The highest BCUT2D eigenvalue weighted by molar-refractivity contribution is 14.1. The van der Waals surface area contributed by atoms with Crippen molar-refractivity contribution in [3.8, 4) is 0 Å². The van der Waals surface area contributed by atoms with Gasteiger partial charge in [-0.2, -0.15) is 0 Å². The molecule has 0 rings (SSSR count). The van der Waals surface area contributed by atoms with Crippen LogP contribution in [0, 0.1) is 0 Å². The number of rotatable bonds is 11. The van der Waals surface area contributed by atoms with Crippen LogP contribution in [0.5, 0.6) is 0 Å². The second kappa shape index (κ2) is 11.0. The molecule has 6 heteroatoms. The number of halogens is 2. The average molecular weight is 510 g/mol. The second-order valence-electron chi connectivity index (χ2n) is 4.86. The van der Waals surface area contributed by atoms with Crippen LogP contribution in [0.3, 0.4) is 0 Å². The molecule has 20 heavy (non-hydrogen) atoms. The summed E-state index contributed by atoms with van der Waals surface area (Å²) >= 11 is 3.82. The van der Waals surface area contributed by atoms with Crippen molar-refractivity contribution in [3.63, 3.8) is 0 Å². The summed E-state index contributed by atoms with van der Waals surface area (Å²) < 4.78 is 3.56. The predicted octanol–water partition coefficient (Wildman–Crippen LogP) is 4.36. The molecule has 0 amide bonds. The third-order valence-corrected chi connectivity index (χ3v) is 7.47. The molecule has 0 spiro atoms. The van der Waals surface area contributed by atoms with E-state index in [0.29, 0.717) is 13.0 Å². The van der Waals surface area contributed by atoms with Gasteiger partial charge in [-0.25, -0.2) is 0 Å². The number of carboxylic acids is 1. The molecule has 0 saturated heterocycles. The Kier molecular flexibility index (Phi) is 11.3. The highest BCUT2D eigenvalue weighted by Crippen LogP contribution is 2.36. The topological polar surface area (TPSA) is 63.6 Å². The molecule has 0 saturated carbocycles. The molecule has 118 valence electrons. The van der Waals surface area contributed by atoms with Crippen LogP contribution in [-0.2, 0) is 14.3 Å². The van der Waals surface area contributed by atoms with Gasteiger partial charge in [0, 0.05) is 0 Å². The van der Waals surface area contributed by atoms with Gasteiger partial charge in [-0.1, -0.05) is 91.1 Å². The Morgan fingerprint density at radius 3 is 2.20 bits per heavy atom. The lowest BCUT2D eigenvalue weighted by Crippen LogP contribution is -2.46. The van der Waals surface area contributed by atoms with Crippen LogP contribution in [-0.4, -0.2) is 31.0 Å². The first-order chi connectivity index (χ1) is 9.40. The maximum Gasteiger partial charge on any atom is 0.323 e. The minimum atomic E-state index is -0.967. The maximum absolute atomic E-state index is 12.3. The molecule has 1 N–H and O–H groups in total. The van der Waals surface area contributed by atoms with Crippen molar-refractivity contribution >= 4 is 57.1 Å². The quantitative estimate of drug-likeness (QED) is 0.194. The molecule has 0 aromatic carbocycles. The van der Waals surface area contributed by atoms with E-state index in [-0.39, 0.29) is 5.97 Å². The second-order valence-corrected chi connectivity index (χ2v) is 8.03. The fraction of sp³-hybridized carbons (Fsp3) is 0.857. The van der Waals surface area contributed by atoms with Gasteiger partial charge in [0.25, 0.3) is 0 Å². The molecular weight excluding hydrogens is 486 g/mol. The molecule has 0 aliphatic carbocycles. The van der Waals surface area contributed by atoms with Crippen molar-refractivity contribution in [2.24, 2.45) is 0 Å². The van der Waals surface area contributed by atoms with E-state index in [1.807, 2.05) is 45.2 Å². The number of aliphatic carboxylic acids is 1. The van der Waals surface area contributed by atoms with E-state index in [4.69, 9.17) is 4.74 Å². The summed E-state index contributed by atoms with van der Waals surface area (Å²) in [5.74, 6) is -1.34. The highest BCUT2D eigenvalue weighted by atomic mass is 127. The minimum Gasteiger partial charge on any atom is -0.480 e. The smallest absolute Gasteiger partial charge is 0.323 e. The molecule has 0 aromatic rings. The van der Waals surface area contributed by atoms with Gasteiger partial charge in [0.2, 0.25) is 0 Å². The number of carboxylic acid groups (broad SMARTS) is 1. The maximum atomic E-state index is 12.3. The first kappa shape index (κ1) is 20.4. The Hall–Kier alpha value is 0.400. The summed E-state index contributed by atoms with van der Waals surface area (Å²) in [5.41, 5.74) is 0. The molecule has 2 atom stereocenters. The van der Waals surface area contributed by atoms with Gasteiger partial charge in [0.15, 0.2) is 0 Å². The third-order valence-electron chi connectivity index (χ3n) is 3.08. The van der Waals surface area contributed by atoms with E-state index in [2.05, 4.69) is 13.8 Å². The molecule has 0 aromatic heterocycles. The van der Waals surface area contributed by atoms with E-state index in [0.717, 1.165) is 38.5 Å². The molecule has 0 radical (unpaired) electrons. The first-order valence-corrected chi connectivity index (χ1v) is 9.45. The number of ether oxygens (including phenoxy) is 1. The van der Waals surface area contributed by atoms with Gasteiger partial charge in [0.1, 0.15) is 7.35 Å². The van der Waals surface area contributed by atoms with E-state index in [1.54, 1.807) is 0 Å². The van der Waals surface area contributed by atoms with Crippen LogP contribution in [0.15, 0.2) is 0 Å². The number of carbonyl (C=O) groups excluding carboxylic acids is 1. The summed E-state index contributed by atoms with van der Waals surface area (Å²) in [7, 11) is 0. The molecular formula is C14H24I2O4. The van der Waals surface area contributed by atoms with Crippen LogP contribution in [0.4, 0.5) is 0 Å². The van der Waals surface area contributed by atoms with Gasteiger partial charge in [-0.15, -0.1) is 0 Å². The zero-order valence-corrected chi connectivity index (χ0v) is 16.5. The highest BCUT2D eigenvalue weighted by Gasteiger charge is 2.46. The summed E-state index contributed by atoms with van der Waals surface area (Å²) in [4.78, 5) is 23.5. The normalized spacial score (nSPS) is 15.4. The Bertz CT molecular complexity index is 310. The van der Waals surface area contributed by atoms with Crippen molar-refractivity contribution in [1.82, 2.24) is 0 Å². The van der Waals surface area contributed by atoms with Crippen LogP contribution in [0.25, 0.3) is 0 Å². The van der Waals surface area contributed by atoms with Crippen molar-refractivity contribution in [2.75, 3.05) is 6.61 Å². The number of hydrogen-bond acceptors (Lipinski definition) is 3. The zero-order valence-electron chi connectivity index (χ0n) is 12.2. The standard InChI is InChI=1S/C14H24I2O4/c1-3-5-7-9-14(16,11(15)12(17)18)13(19)20-10-8-6-4-2/h11H,3-10H2,1-2H3,(H,17,18). The Labute approximate surface area is 148 Å². The van der Waals surface area contributed by atoms with Crippen molar-refractivity contribution in [1.29, 1.82) is 0 Å². The number of esters is 1. The van der Waals surface area contributed by atoms with Gasteiger partial charge in [0.05, 0.1) is 6.61 Å². The number of carbonyl (C=O) groups is 2. The van der Waals surface area contributed by atoms with E-state index in [1.165, 1.54) is 0 Å². The number of unbranched alkanes of at least 4 members (excludes halogenated alkanes) is 4. The van der Waals surface area contributed by atoms with Crippen LogP contribution in [0.2, 0.25) is 0 Å². The van der Waals surface area contributed by atoms with E-state index >= 15 is 0 Å². The SMILES string of the molecule is CCCCCOC(=O)C(I)(CCCCC)C(I)C(=O)O. The molecule has 0 aliphatic heterocycles. The first-order valence-electron chi connectivity index (χ1n) is 7.13. The minimum absolute atomic E-state index is 0.382. The monoisotopic (exact) mass is 510 g/mol. The molecule has 4 nitrogen and oxygen atoms in total. The van der Waals surface area contributed by atoms with Crippen molar-refractivity contribution in [3.05, 3.63) is 0 Å². The van der Waals surface area contributed by atoms with Crippen LogP contribution >= 0.6 is 45.2 Å². The molecule has 0 fully saturated rings. The molecule has 2 unspecified atom stereocenters. The van der Waals surface area contributed by atoms with Gasteiger partial charge in [-0.05, 0) is 12.8 Å². The lowest BCUT2D eigenvalue weighted by molar-refractivity contribution is -0.149.